The van der Waals surface area contributed by atoms with Gasteiger partial charge in [0, 0.05) is 0 Å². The Balaban J connectivity index is 0.000000321. The van der Waals surface area contributed by atoms with Crippen molar-refractivity contribution in [2.24, 2.45) is 0 Å². The number of benzene rings is 1. The first kappa shape index (κ1) is 17.2. The van der Waals surface area contributed by atoms with Gasteiger partial charge in [-0.1, -0.05) is 18.2 Å². The molecule has 0 aromatic heterocycles. The van der Waals surface area contributed by atoms with E-state index < -0.39 is 5.97 Å². The van der Waals surface area contributed by atoms with Crippen LogP contribution in [-0.2, 0) is 14.4 Å². The maximum atomic E-state index is 10.2. The average Bonchev–Trinajstić information content (AvgIpc) is 2.14. The summed E-state index contributed by atoms with van der Waals surface area (Å²) in [6.07, 6.45) is 0. The van der Waals surface area contributed by atoms with Gasteiger partial charge in [-0.25, -0.2) is 4.79 Å². The van der Waals surface area contributed by atoms with E-state index in [1.807, 2.05) is 14.4 Å². The van der Waals surface area contributed by atoms with E-state index >= 15 is 0 Å². The van der Waals surface area contributed by atoms with Crippen molar-refractivity contribution in [2.45, 2.75) is 50.3 Å². The van der Waals surface area contributed by atoms with Crippen LogP contribution in [0.5, 0.6) is 0 Å². The number of carboxylic acid groups (broad SMARTS) is 1. The van der Waals surface area contributed by atoms with Crippen molar-refractivity contribution in [1.29, 1.82) is 0 Å². The van der Waals surface area contributed by atoms with Crippen molar-refractivity contribution in [3.8, 4) is 0 Å². The van der Waals surface area contributed by atoms with Gasteiger partial charge >= 0.3 is 70.7 Å². The van der Waals surface area contributed by atoms with Gasteiger partial charge in [-0.3, -0.25) is 0 Å². The summed E-state index contributed by atoms with van der Waals surface area (Å²) in [4.78, 5) is 10.2. The Morgan fingerprint density at radius 1 is 0.944 bits per heavy atom. The van der Waals surface area contributed by atoms with E-state index in [1.165, 1.54) is 0 Å². The molecule has 0 atom stereocenters. The van der Waals surface area contributed by atoms with E-state index in [0.717, 1.165) is 0 Å². The van der Waals surface area contributed by atoms with E-state index in [-0.39, 0.29) is 0 Å². The molecule has 0 amide bonds. The first-order chi connectivity index (χ1) is 8.01. The van der Waals surface area contributed by atoms with Crippen LogP contribution >= 0.6 is 0 Å². The zero-order valence-electron chi connectivity index (χ0n) is 12.1. The fraction of sp³-hybridized carbons (Fsp3) is 0.533. The summed E-state index contributed by atoms with van der Waals surface area (Å²) >= 11 is 1.83. The summed E-state index contributed by atoms with van der Waals surface area (Å²) in [6, 6.07) is 8.30. The Hall–Kier alpha value is -0.816. The largest absolute Gasteiger partial charge is 0.478 e. The van der Waals surface area contributed by atoms with Gasteiger partial charge in [0.05, 0.1) is 5.56 Å². The number of hydrogen-bond donors (Lipinski definition) is 1. The van der Waals surface area contributed by atoms with E-state index in [2.05, 4.69) is 41.5 Å². The number of aromatic carboxylic acids is 1. The predicted octanol–water partition coefficient (Wildman–Crippen LogP) is 4.89. The molecule has 0 unspecified atom stereocenters. The Bertz CT molecular complexity index is 346. The van der Waals surface area contributed by atoms with Gasteiger partial charge in [-0.05, 0) is 12.1 Å². The van der Waals surface area contributed by atoms with Gasteiger partial charge in [0.15, 0.2) is 0 Å². The third-order valence-corrected chi connectivity index (χ3v) is 2.98. The second kappa shape index (κ2) is 6.94. The Morgan fingerprint density at radius 3 is 1.50 bits per heavy atom. The fourth-order valence-corrected chi connectivity index (χ4v) is 3.51. The molecule has 1 rings (SSSR count). The standard InChI is InChI=1S/C7H6O2.2C4H9.Ni/c8-7(9)6-4-2-1-3-5-6;2*1-4(2)3;/h1-5H,(H,8,9);2*1-3H3;. The molecule has 1 aromatic rings. The molecule has 0 saturated carbocycles. The third kappa shape index (κ3) is 10.3. The molecule has 0 saturated heterocycles. The van der Waals surface area contributed by atoms with Crippen LogP contribution in [0.3, 0.4) is 0 Å². The summed E-state index contributed by atoms with van der Waals surface area (Å²) in [5.41, 5.74) is 0.331. The molecule has 1 aromatic carbocycles. The summed E-state index contributed by atoms with van der Waals surface area (Å²) < 4.78 is 0.844. The van der Waals surface area contributed by atoms with Gasteiger partial charge in [0.25, 0.3) is 0 Å². The topological polar surface area (TPSA) is 37.3 Å². The quantitative estimate of drug-likeness (QED) is 0.749. The summed E-state index contributed by atoms with van der Waals surface area (Å²) in [7, 11) is 0. The molecule has 0 radical (unpaired) electrons. The number of carboxylic acids is 1. The summed E-state index contributed by atoms with van der Waals surface area (Å²) in [5, 5.41) is 8.38. The van der Waals surface area contributed by atoms with Gasteiger partial charge in [0.1, 0.15) is 0 Å². The Kier molecular flexibility index (Phi) is 6.63. The Morgan fingerprint density at radius 2 is 1.33 bits per heavy atom. The van der Waals surface area contributed by atoms with E-state index in [4.69, 9.17) is 5.11 Å². The molecule has 0 bridgehead atoms. The molecule has 0 fully saturated rings. The second-order valence-corrected chi connectivity index (χ2v) is 8.91. The average molecular weight is 295 g/mol. The molecule has 0 aliphatic carbocycles. The summed E-state index contributed by atoms with van der Waals surface area (Å²) in [6.45, 7) is 13.6. The molecule has 0 spiro atoms. The van der Waals surface area contributed by atoms with Crippen molar-refractivity contribution in [1.82, 2.24) is 0 Å². The molecule has 3 heteroatoms. The zero-order chi connectivity index (χ0) is 14.4. The number of carbonyl (C=O) groups is 1. The van der Waals surface area contributed by atoms with Gasteiger partial charge < -0.3 is 5.11 Å². The van der Waals surface area contributed by atoms with Crippen LogP contribution in [0, 0.1) is 0 Å². The van der Waals surface area contributed by atoms with Crippen LogP contribution in [0.1, 0.15) is 51.9 Å². The molecule has 1 N–H and O–H groups in total. The minimum atomic E-state index is -0.879. The van der Waals surface area contributed by atoms with Crippen LogP contribution in [0.4, 0.5) is 0 Å². The van der Waals surface area contributed by atoms with Crippen molar-refractivity contribution in [3.05, 3.63) is 35.9 Å². The van der Waals surface area contributed by atoms with Crippen molar-refractivity contribution < 1.29 is 24.3 Å². The normalized spacial score (nSPS) is 11.7. The fourth-order valence-electron chi connectivity index (χ4n) is 1.29. The van der Waals surface area contributed by atoms with E-state index in [0.29, 0.717) is 14.3 Å². The zero-order valence-corrected chi connectivity index (χ0v) is 13.0. The second-order valence-electron chi connectivity index (χ2n) is 5.70. The molecule has 18 heavy (non-hydrogen) atoms. The van der Waals surface area contributed by atoms with Crippen LogP contribution < -0.4 is 0 Å². The molecule has 0 aliphatic heterocycles. The number of rotatable bonds is 1. The SMILES string of the molecule is C[C](C)(C)[Ni][C](C)(C)C.O=C(O)c1ccccc1. The van der Waals surface area contributed by atoms with Gasteiger partial charge in [-0.2, -0.15) is 0 Å². The van der Waals surface area contributed by atoms with E-state index in [1.54, 1.807) is 30.3 Å². The molecule has 0 heterocycles. The maximum absolute atomic E-state index is 10.2. The first-order valence-electron chi connectivity index (χ1n) is 5.90. The van der Waals surface area contributed by atoms with Crippen molar-refractivity contribution in [3.63, 3.8) is 0 Å². The number of hydrogen-bond acceptors (Lipinski definition) is 1. The van der Waals surface area contributed by atoms with Gasteiger partial charge in [0.2, 0.25) is 0 Å². The molecular weight excluding hydrogens is 271 g/mol. The van der Waals surface area contributed by atoms with Crippen molar-refractivity contribution in [2.75, 3.05) is 0 Å². The minimum absolute atomic E-state index is 0.331. The first-order valence-corrected chi connectivity index (χ1v) is 6.89. The molecular formula is C15H24NiO2. The molecule has 0 aliphatic rings. The van der Waals surface area contributed by atoms with Crippen molar-refractivity contribution >= 4 is 5.97 Å². The summed E-state index contributed by atoms with van der Waals surface area (Å²) in [5.74, 6) is -0.879. The van der Waals surface area contributed by atoms with Crippen LogP contribution in [-0.4, -0.2) is 11.1 Å². The van der Waals surface area contributed by atoms with Crippen LogP contribution in [0.25, 0.3) is 0 Å². The monoisotopic (exact) mass is 294 g/mol. The third-order valence-electron chi connectivity index (χ3n) is 1.50. The molecule has 106 valence electrons. The minimum Gasteiger partial charge on any atom is -0.478 e. The Labute approximate surface area is 117 Å². The van der Waals surface area contributed by atoms with E-state index in [9.17, 15) is 4.79 Å². The van der Waals surface area contributed by atoms with Gasteiger partial charge in [-0.15, -0.1) is 0 Å². The molecule has 2 nitrogen and oxygen atoms in total. The van der Waals surface area contributed by atoms with Crippen LogP contribution in [0.15, 0.2) is 30.3 Å². The maximum Gasteiger partial charge on any atom is 0.335 e. The predicted molar refractivity (Wildman–Crippen MR) is 72.8 cm³/mol. The smallest absolute Gasteiger partial charge is 0.335 e. The van der Waals surface area contributed by atoms with Crippen LogP contribution in [0.2, 0.25) is 8.77 Å².